The smallest absolute Gasteiger partial charge is 0.116 e. The van der Waals surface area contributed by atoms with Crippen molar-refractivity contribution in [3.05, 3.63) is 28.8 Å². The average molecular weight is 206 g/mol. The summed E-state index contributed by atoms with van der Waals surface area (Å²) in [6.45, 7) is 4.47. The van der Waals surface area contributed by atoms with Crippen molar-refractivity contribution in [3.8, 4) is 5.75 Å². The third-order valence-corrected chi connectivity index (χ3v) is 3.30. The lowest BCUT2D eigenvalue weighted by Gasteiger charge is -2.17. The standard InChI is InChI=1S/C13H18O2/c1-8(2)12-6-11(15)5-9-3-4-10(7-14)13(9)12/h5-6,8,10,14-15H,3-4,7H2,1-2H3. The monoisotopic (exact) mass is 206 g/mol. The van der Waals surface area contributed by atoms with Gasteiger partial charge in [-0.1, -0.05) is 13.8 Å². The lowest BCUT2D eigenvalue weighted by atomic mass is 9.90. The van der Waals surface area contributed by atoms with Crippen LogP contribution < -0.4 is 0 Å². The second kappa shape index (κ2) is 3.86. The van der Waals surface area contributed by atoms with Crippen LogP contribution in [0.3, 0.4) is 0 Å². The maximum atomic E-state index is 9.62. The van der Waals surface area contributed by atoms with Crippen LogP contribution in [0.2, 0.25) is 0 Å². The number of aromatic hydroxyl groups is 1. The predicted molar refractivity (Wildman–Crippen MR) is 60.3 cm³/mol. The Morgan fingerprint density at radius 3 is 2.73 bits per heavy atom. The van der Waals surface area contributed by atoms with E-state index in [0.717, 1.165) is 12.8 Å². The minimum absolute atomic E-state index is 0.220. The molecule has 0 aromatic heterocycles. The van der Waals surface area contributed by atoms with Gasteiger partial charge in [0.15, 0.2) is 0 Å². The zero-order chi connectivity index (χ0) is 11.0. The summed E-state index contributed by atoms with van der Waals surface area (Å²) in [4.78, 5) is 0. The number of benzene rings is 1. The topological polar surface area (TPSA) is 40.5 Å². The zero-order valence-electron chi connectivity index (χ0n) is 9.33. The quantitative estimate of drug-likeness (QED) is 0.780. The molecule has 1 atom stereocenters. The van der Waals surface area contributed by atoms with Crippen molar-refractivity contribution in [1.29, 1.82) is 0 Å². The molecule has 0 fully saturated rings. The van der Waals surface area contributed by atoms with Crippen LogP contribution in [0, 0.1) is 0 Å². The maximum Gasteiger partial charge on any atom is 0.116 e. The Morgan fingerprint density at radius 1 is 1.40 bits per heavy atom. The summed E-state index contributed by atoms with van der Waals surface area (Å²) in [5.41, 5.74) is 3.70. The normalized spacial score (nSPS) is 19.6. The molecule has 0 saturated heterocycles. The minimum atomic E-state index is 0.220. The Bertz CT molecular complexity index is 369. The summed E-state index contributed by atoms with van der Waals surface area (Å²) < 4.78 is 0. The molecule has 2 N–H and O–H groups in total. The lowest BCUT2D eigenvalue weighted by Crippen LogP contribution is -2.04. The molecule has 0 amide bonds. The van der Waals surface area contributed by atoms with E-state index < -0.39 is 0 Å². The van der Waals surface area contributed by atoms with Gasteiger partial charge in [-0.2, -0.15) is 0 Å². The largest absolute Gasteiger partial charge is 0.508 e. The number of aliphatic hydroxyl groups excluding tert-OH is 1. The SMILES string of the molecule is CC(C)c1cc(O)cc2c1C(CO)CC2. The molecule has 0 radical (unpaired) electrons. The van der Waals surface area contributed by atoms with Crippen molar-refractivity contribution in [1.82, 2.24) is 0 Å². The molecule has 15 heavy (non-hydrogen) atoms. The summed E-state index contributed by atoms with van der Waals surface area (Å²) >= 11 is 0. The molecular formula is C13H18O2. The van der Waals surface area contributed by atoms with Gasteiger partial charge in [-0.05, 0) is 47.6 Å². The first-order valence-electron chi connectivity index (χ1n) is 5.60. The fourth-order valence-corrected chi connectivity index (χ4v) is 2.56. The summed E-state index contributed by atoms with van der Waals surface area (Å²) in [5, 5.41) is 18.9. The highest BCUT2D eigenvalue weighted by molar-refractivity contribution is 5.47. The Balaban J connectivity index is 2.55. The van der Waals surface area contributed by atoms with E-state index in [1.807, 2.05) is 12.1 Å². The highest BCUT2D eigenvalue weighted by Gasteiger charge is 2.26. The van der Waals surface area contributed by atoms with Crippen molar-refractivity contribution in [3.63, 3.8) is 0 Å². The second-order valence-electron chi connectivity index (χ2n) is 4.68. The van der Waals surface area contributed by atoms with Crippen molar-refractivity contribution in [2.75, 3.05) is 6.61 Å². The third-order valence-electron chi connectivity index (χ3n) is 3.30. The van der Waals surface area contributed by atoms with Gasteiger partial charge in [0.2, 0.25) is 0 Å². The van der Waals surface area contributed by atoms with E-state index in [2.05, 4.69) is 13.8 Å². The molecule has 0 saturated carbocycles. The van der Waals surface area contributed by atoms with Crippen LogP contribution in [0.1, 0.15) is 48.8 Å². The molecule has 2 heteroatoms. The fourth-order valence-electron chi connectivity index (χ4n) is 2.56. The number of fused-ring (bicyclic) bond motifs is 1. The Hall–Kier alpha value is -1.02. The summed E-state index contributed by atoms with van der Waals surface area (Å²) in [7, 11) is 0. The number of aliphatic hydroxyl groups is 1. The van der Waals surface area contributed by atoms with Crippen molar-refractivity contribution in [2.45, 2.75) is 38.5 Å². The highest BCUT2D eigenvalue weighted by atomic mass is 16.3. The molecule has 82 valence electrons. The number of phenolic OH excluding ortho intramolecular Hbond substituents is 1. The van der Waals surface area contributed by atoms with Gasteiger partial charge in [-0.15, -0.1) is 0 Å². The number of aryl methyl sites for hydroxylation is 1. The van der Waals surface area contributed by atoms with Crippen LogP contribution in [-0.4, -0.2) is 16.8 Å². The predicted octanol–water partition coefficient (Wildman–Crippen LogP) is 2.54. The third kappa shape index (κ3) is 1.74. The zero-order valence-corrected chi connectivity index (χ0v) is 9.33. The molecular weight excluding hydrogens is 188 g/mol. The molecule has 2 rings (SSSR count). The first kappa shape index (κ1) is 10.5. The van der Waals surface area contributed by atoms with Gasteiger partial charge in [-0.3, -0.25) is 0 Å². The van der Waals surface area contributed by atoms with E-state index in [4.69, 9.17) is 0 Å². The first-order valence-corrected chi connectivity index (χ1v) is 5.60. The van der Waals surface area contributed by atoms with Gasteiger partial charge in [0.05, 0.1) is 0 Å². The molecule has 2 nitrogen and oxygen atoms in total. The van der Waals surface area contributed by atoms with Gasteiger partial charge in [0.1, 0.15) is 5.75 Å². The molecule has 0 aliphatic heterocycles. The van der Waals surface area contributed by atoms with Gasteiger partial charge in [-0.25, -0.2) is 0 Å². The van der Waals surface area contributed by atoms with E-state index in [1.165, 1.54) is 16.7 Å². The minimum Gasteiger partial charge on any atom is -0.508 e. The molecule has 1 aromatic carbocycles. The van der Waals surface area contributed by atoms with Crippen LogP contribution in [0.25, 0.3) is 0 Å². The average Bonchev–Trinajstić information content (AvgIpc) is 2.58. The molecule has 0 spiro atoms. The highest BCUT2D eigenvalue weighted by Crippen LogP contribution is 2.40. The lowest BCUT2D eigenvalue weighted by molar-refractivity contribution is 0.264. The van der Waals surface area contributed by atoms with Gasteiger partial charge < -0.3 is 10.2 Å². The van der Waals surface area contributed by atoms with E-state index in [-0.39, 0.29) is 12.5 Å². The van der Waals surface area contributed by atoms with Crippen LogP contribution in [-0.2, 0) is 6.42 Å². The molecule has 0 heterocycles. The fraction of sp³-hybridized carbons (Fsp3) is 0.538. The number of hydrogen-bond acceptors (Lipinski definition) is 2. The van der Waals surface area contributed by atoms with Gasteiger partial charge >= 0.3 is 0 Å². The molecule has 0 bridgehead atoms. The molecule has 1 aliphatic carbocycles. The van der Waals surface area contributed by atoms with Crippen molar-refractivity contribution >= 4 is 0 Å². The summed E-state index contributed by atoms with van der Waals surface area (Å²) in [5.74, 6) is 1.03. The molecule has 1 aromatic rings. The van der Waals surface area contributed by atoms with E-state index in [9.17, 15) is 10.2 Å². The van der Waals surface area contributed by atoms with Crippen LogP contribution in [0.15, 0.2) is 12.1 Å². The summed E-state index contributed by atoms with van der Waals surface area (Å²) in [6, 6.07) is 3.69. The van der Waals surface area contributed by atoms with E-state index in [0.29, 0.717) is 11.7 Å². The Labute approximate surface area is 90.6 Å². The molecule has 1 unspecified atom stereocenters. The Kier molecular flexibility index (Phi) is 2.70. The second-order valence-corrected chi connectivity index (χ2v) is 4.68. The van der Waals surface area contributed by atoms with Crippen LogP contribution >= 0.6 is 0 Å². The van der Waals surface area contributed by atoms with Crippen LogP contribution in [0.4, 0.5) is 0 Å². The number of rotatable bonds is 2. The van der Waals surface area contributed by atoms with Crippen molar-refractivity contribution in [2.24, 2.45) is 0 Å². The van der Waals surface area contributed by atoms with E-state index >= 15 is 0 Å². The number of hydrogen-bond donors (Lipinski definition) is 2. The van der Waals surface area contributed by atoms with Crippen LogP contribution in [0.5, 0.6) is 5.75 Å². The number of phenols is 1. The van der Waals surface area contributed by atoms with Crippen molar-refractivity contribution < 1.29 is 10.2 Å². The molecule has 1 aliphatic rings. The first-order chi connectivity index (χ1) is 7.13. The van der Waals surface area contributed by atoms with E-state index in [1.54, 1.807) is 0 Å². The maximum absolute atomic E-state index is 9.62. The van der Waals surface area contributed by atoms with Gasteiger partial charge in [0.25, 0.3) is 0 Å². The summed E-state index contributed by atoms with van der Waals surface area (Å²) in [6.07, 6.45) is 1.99. The van der Waals surface area contributed by atoms with Gasteiger partial charge in [0, 0.05) is 12.5 Å². The Morgan fingerprint density at radius 2 is 2.13 bits per heavy atom.